The van der Waals surface area contributed by atoms with E-state index >= 15 is 0 Å². The van der Waals surface area contributed by atoms with Gasteiger partial charge in [-0.3, -0.25) is 0 Å². The predicted molar refractivity (Wildman–Crippen MR) is 72.3 cm³/mol. The van der Waals surface area contributed by atoms with Gasteiger partial charge in [-0.05, 0) is 28.4 Å². The van der Waals surface area contributed by atoms with Gasteiger partial charge in [-0.2, -0.15) is 0 Å². The SMILES string of the molecule is CC(C)(C)c1cccc(C2(CO)CC2(C)C)c1. The molecule has 1 aliphatic rings. The lowest BCUT2D eigenvalue weighted by Crippen LogP contribution is -2.20. The maximum atomic E-state index is 9.74. The van der Waals surface area contributed by atoms with Gasteiger partial charge in [-0.25, -0.2) is 0 Å². The van der Waals surface area contributed by atoms with Gasteiger partial charge in [0.1, 0.15) is 0 Å². The Morgan fingerprint density at radius 3 is 2.24 bits per heavy atom. The van der Waals surface area contributed by atoms with Gasteiger partial charge in [0.15, 0.2) is 0 Å². The molecule has 1 heteroatoms. The number of aliphatic hydroxyl groups is 1. The van der Waals surface area contributed by atoms with Gasteiger partial charge in [-0.15, -0.1) is 0 Å². The fraction of sp³-hybridized carbons (Fsp3) is 0.625. The highest BCUT2D eigenvalue weighted by atomic mass is 16.3. The van der Waals surface area contributed by atoms with Crippen molar-refractivity contribution in [2.75, 3.05) is 6.61 Å². The van der Waals surface area contributed by atoms with Crippen LogP contribution in [0, 0.1) is 5.41 Å². The quantitative estimate of drug-likeness (QED) is 0.825. The van der Waals surface area contributed by atoms with Crippen LogP contribution >= 0.6 is 0 Å². The summed E-state index contributed by atoms with van der Waals surface area (Å²) >= 11 is 0. The Kier molecular flexibility index (Phi) is 2.66. The van der Waals surface area contributed by atoms with E-state index in [1.807, 2.05) is 0 Å². The van der Waals surface area contributed by atoms with Crippen LogP contribution < -0.4 is 0 Å². The van der Waals surface area contributed by atoms with E-state index < -0.39 is 0 Å². The molecule has 1 fully saturated rings. The molecule has 1 aromatic carbocycles. The lowest BCUT2D eigenvalue weighted by Gasteiger charge is -2.24. The molecule has 1 saturated carbocycles. The molecule has 0 heterocycles. The van der Waals surface area contributed by atoms with Crippen molar-refractivity contribution in [1.29, 1.82) is 0 Å². The average Bonchev–Trinajstić information content (AvgIpc) is 2.81. The van der Waals surface area contributed by atoms with E-state index in [1.165, 1.54) is 11.1 Å². The number of hydrogen-bond donors (Lipinski definition) is 1. The predicted octanol–water partition coefficient (Wildman–Crippen LogP) is 3.64. The van der Waals surface area contributed by atoms with E-state index in [0.717, 1.165) is 6.42 Å². The molecule has 17 heavy (non-hydrogen) atoms. The molecular formula is C16H24O. The average molecular weight is 232 g/mol. The standard InChI is InChI=1S/C16H24O/c1-14(2,3)12-7-6-8-13(9-12)16(11-17)10-15(16,4)5/h6-9,17H,10-11H2,1-5H3. The number of aliphatic hydroxyl groups excluding tert-OH is 1. The highest BCUT2D eigenvalue weighted by molar-refractivity contribution is 5.41. The van der Waals surface area contributed by atoms with Crippen LogP contribution in [0.25, 0.3) is 0 Å². The largest absolute Gasteiger partial charge is 0.395 e. The maximum absolute atomic E-state index is 9.74. The van der Waals surface area contributed by atoms with Crippen molar-refractivity contribution in [3.8, 4) is 0 Å². The second-order valence-corrected chi connectivity index (χ2v) is 7.13. The molecule has 0 aromatic heterocycles. The van der Waals surface area contributed by atoms with Crippen molar-refractivity contribution < 1.29 is 5.11 Å². The molecule has 1 unspecified atom stereocenters. The van der Waals surface area contributed by atoms with Crippen LogP contribution in [-0.4, -0.2) is 11.7 Å². The van der Waals surface area contributed by atoms with Gasteiger partial charge in [0.05, 0.1) is 6.61 Å². The van der Waals surface area contributed by atoms with Crippen molar-refractivity contribution in [1.82, 2.24) is 0 Å². The first-order valence-corrected chi connectivity index (χ1v) is 6.45. The van der Waals surface area contributed by atoms with E-state index in [2.05, 4.69) is 58.9 Å². The van der Waals surface area contributed by atoms with Gasteiger partial charge in [0, 0.05) is 5.41 Å². The molecule has 0 aliphatic heterocycles. The van der Waals surface area contributed by atoms with E-state index in [0.29, 0.717) is 0 Å². The molecule has 1 aliphatic carbocycles. The van der Waals surface area contributed by atoms with E-state index in [1.54, 1.807) is 0 Å². The van der Waals surface area contributed by atoms with Gasteiger partial charge in [0.2, 0.25) is 0 Å². The summed E-state index contributed by atoms with van der Waals surface area (Å²) in [5.41, 5.74) is 3.06. The zero-order valence-corrected chi connectivity index (χ0v) is 11.7. The molecule has 0 bridgehead atoms. The Morgan fingerprint density at radius 2 is 1.82 bits per heavy atom. The summed E-state index contributed by atoms with van der Waals surface area (Å²) in [5, 5.41) is 9.74. The Morgan fingerprint density at radius 1 is 1.24 bits per heavy atom. The number of hydrogen-bond acceptors (Lipinski definition) is 1. The Hall–Kier alpha value is -0.820. The highest BCUT2D eigenvalue weighted by Gasteiger charge is 2.61. The summed E-state index contributed by atoms with van der Waals surface area (Å²) in [6.45, 7) is 11.4. The molecule has 0 spiro atoms. The smallest absolute Gasteiger partial charge is 0.0533 e. The third-order valence-corrected chi connectivity index (χ3v) is 4.47. The van der Waals surface area contributed by atoms with E-state index in [9.17, 15) is 5.11 Å². The fourth-order valence-corrected chi connectivity index (χ4v) is 2.85. The molecule has 1 nitrogen and oxygen atoms in total. The monoisotopic (exact) mass is 232 g/mol. The minimum absolute atomic E-state index is 0.00569. The van der Waals surface area contributed by atoms with Gasteiger partial charge in [-0.1, -0.05) is 58.9 Å². The van der Waals surface area contributed by atoms with Crippen molar-refractivity contribution in [3.63, 3.8) is 0 Å². The third-order valence-electron chi connectivity index (χ3n) is 4.47. The summed E-state index contributed by atoms with van der Waals surface area (Å²) in [5.74, 6) is 0. The summed E-state index contributed by atoms with van der Waals surface area (Å²) in [6, 6.07) is 8.76. The maximum Gasteiger partial charge on any atom is 0.0533 e. The molecule has 1 N–H and O–H groups in total. The lowest BCUT2D eigenvalue weighted by molar-refractivity contribution is 0.231. The van der Waals surface area contributed by atoms with Gasteiger partial charge >= 0.3 is 0 Å². The van der Waals surface area contributed by atoms with E-state index in [4.69, 9.17) is 0 Å². The van der Waals surface area contributed by atoms with Crippen molar-refractivity contribution in [3.05, 3.63) is 35.4 Å². The number of rotatable bonds is 2. The minimum atomic E-state index is -0.00569. The van der Waals surface area contributed by atoms with E-state index in [-0.39, 0.29) is 22.9 Å². The molecule has 2 rings (SSSR count). The fourth-order valence-electron chi connectivity index (χ4n) is 2.85. The van der Waals surface area contributed by atoms with Crippen molar-refractivity contribution in [2.45, 2.75) is 51.9 Å². The summed E-state index contributed by atoms with van der Waals surface area (Å²) in [7, 11) is 0. The van der Waals surface area contributed by atoms with Crippen LogP contribution in [0.4, 0.5) is 0 Å². The van der Waals surface area contributed by atoms with Gasteiger partial charge < -0.3 is 5.11 Å². The third kappa shape index (κ3) is 1.91. The second kappa shape index (κ2) is 3.58. The van der Waals surface area contributed by atoms with Crippen LogP contribution in [0.15, 0.2) is 24.3 Å². The van der Waals surface area contributed by atoms with Crippen LogP contribution in [-0.2, 0) is 10.8 Å². The van der Waals surface area contributed by atoms with Crippen LogP contribution in [0.2, 0.25) is 0 Å². The molecule has 94 valence electrons. The van der Waals surface area contributed by atoms with Gasteiger partial charge in [0.25, 0.3) is 0 Å². The number of benzene rings is 1. The first kappa shape index (κ1) is 12.6. The highest BCUT2D eigenvalue weighted by Crippen LogP contribution is 2.64. The summed E-state index contributed by atoms with van der Waals surface area (Å²) in [4.78, 5) is 0. The topological polar surface area (TPSA) is 20.2 Å². The van der Waals surface area contributed by atoms with Crippen LogP contribution in [0.5, 0.6) is 0 Å². The zero-order chi connectivity index (χ0) is 12.9. The first-order valence-electron chi connectivity index (χ1n) is 6.45. The molecule has 0 saturated heterocycles. The zero-order valence-electron chi connectivity index (χ0n) is 11.7. The normalized spacial score (nSPS) is 26.9. The minimum Gasteiger partial charge on any atom is -0.395 e. The van der Waals surface area contributed by atoms with Crippen LogP contribution in [0.3, 0.4) is 0 Å². The molecule has 1 aromatic rings. The Labute approximate surface area is 105 Å². The second-order valence-electron chi connectivity index (χ2n) is 7.13. The molecule has 0 amide bonds. The molecule has 1 atom stereocenters. The van der Waals surface area contributed by atoms with Crippen LogP contribution in [0.1, 0.15) is 52.2 Å². The van der Waals surface area contributed by atoms with Crippen molar-refractivity contribution >= 4 is 0 Å². The molecule has 0 radical (unpaired) electrons. The Bertz CT molecular complexity index is 425. The molecular weight excluding hydrogens is 208 g/mol. The lowest BCUT2D eigenvalue weighted by atomic mass is 9.82. The summed E-state index contributed by atoms with van der Waals surface area (Å²) in [6.07, 6.45) is 1.09. The first-order chi connectivity index (χ1) is 7.73. The Balaban J connectivity index is 2.42. The summed E-state index contributed by atoms with van der Waals surface area (Å²) < 4.78 is 0. The van der Waals surface area contributed by atoms with Crippen molar-refractivity contribution in [2.24, 2.45) is 5.41 Å².